The number of nitrogens with zero attached hydrogens (tertiary/aromatic N) is 3. The van der Waals surface area contributed by atoms with Crippen LogP contribution in [0.5, 0.6) is 0 Å². The van der Waals surface area contributed by atoms with Crippen molar-refractivity contribution in [1.82, 2.24) is 14.7 Å². The molecule has 3 rings (SSSR count). The molecule has 0 spiro atoms. The fourth-order valence-corrected chi connectivity index (χ4v) is 3.92. The van der Waals surface area contributed by atoms with Gasteiger partial charge in [0, 0.05) is 45.3 Å². The van der Waals surface area contributed by atoms with Crippen LogP contribution in [0, 0.1) is 0 Å². The van der Waals surface area contributed by atoms with E-state index in [1.807, 2.05) is 0 Å². The van der Waals surface area contributed by atoms with Gasteiger partial charge in [0.2, 0.25) is 0 Å². The molecule has 1 unspecified atom stereocenters. The number of morpholine rings is 1. The van der Waals surface area contributed by atoms with Crippen molar-refractivity contribution in [1.29, 1.82) is 0 Å². The highest BCUT2D eigenvalue weighted by molar-refractivity contribution is 5.38. The highest BCUT2D eigenvalue weighted by Gasteiger charge is 2.29. The second-order valence-corrected chi connectivity index (χ2v) is 7.30. The molecule has 0 radical (unpaired) electrons. The van der Waals surface area contributed by atoms with Crippen LogP contribution in [0.4, 0.5) is 0 Å². The van der Waals surface area contributed by atoms with Crippen molar-refractivity contribution in [2.75, 3.05) is 60.0 Å². The van der Waals surface area contributed by atoms with Gasteiger partial charge < -0.3 is 15.4 Å². The van der Waals surface area contributed by atoms with E-state index in [1.54, 1.807) is 0 Å². The quantitative estimate of drug-likeness (QED) is 0.815. The summed E-state index contributed by atoms with van der Waals surface area (Å²) in [6.45, 7) is 8.95. The number of nitrogens with two attached hydrogens (primary N) is 1. The van der Waals surface area contributed by atoms with Crippen LogP contribution < -0.4 is 5.73 Å². The lowest BCUT2D eigenvalue weighted by atomic mass is 10.0. The Morgan fingerprint density at radius 3 is 2.71 bits per heavy atom. The Bertz CT molecular complexity index is 528. The van der Waals surface area contributed by atoms with Gasteiger partial charge in [-0.1, -0.05) is 18.2 Å². The van der Waals surface area contributed by atoms with Crippen LogP contribution in [-0.4, -0.2) is 74.7 Å². The van der Waals surface area contributed by atoms with Gasteiger partial charge in [0.05, 0.1) is 13.2 Å². The van der Waals surface area contributed by atoms with E-state index in [4.69, 9.17) is 10.5 Å². The van der Waals surface area contributed by atoms with E-state index in [1.165, 1.54) is 29.7 Å². The second-order valence-electron chi connectivity index (χ2n) is 7.30. The fraction of sp³-hybridized carbons (Fsp3) is 0.684. The minimum atomic E-state index is 0.381. The van der Waals surface area contributed by atoms with Crippen molar-refractivity contribution in [3.63, 3.8) is 0 Å². The van der Waals surface area contributed by atoms with Gasteiger partial charge in [-0.05, 0) is 43.8 Å². The topological polar surface area (TPSA) is 45.0 Å². The summed E-state index contributed by atoms with van der Waals surface area (Å²) in [6.07, 6.45) is 1.20. The molecule has 0 aromatic heterocycles. The maximum absolute atomic E-state index is 6.13. The van der Waals surface area contributed by atoms with Crippen LogP contribution >= 0.6 is 0 Å². The average Bonchev–Trinajstić information content (AvgIpc) is 2.92. The maximum atomic E-state index is 6.13. The van der Waals surface area contributed by atoms with Gasteiger partial charge >= 0.3 is 0 Å². The SMILES string of the molecule is CN(C)Cc1ccc2c(c1)C(CN)N(CCCN1CCOCC1)C2. The zero-order chi connectivity index (χ0) is 16.9. The van der Waals surface area contributed by atoms with Crippen LogP contribution in [0.25, 0.3) is 0 Å². The van der Waals surface area contributed by atoms with Crippen LogP contribution in [0.3, 0.4) is 0 Å². The lowest BCUT2D eigenvalue weighted by Gasteiger charge is -2.28. The van der Waals surface area contributed by atoms with Gasteiger partial charge in [0.1, 0.15) is 0 Å². The summed E-state index contributed by atoms with van der Waals surface area (Å²) in [5.74, 6) is 0. The van der Waals surface area contributed by atoms with Gasteiger partial charge in [-0.15, -0.1) is 0 Å². The van der Waals surface area contributed by atoms with Gasteiger partial charge in [0.15, 0.2) is 0 Å². The molecular weight excluding hydrogens is 300 g/mol. The summed E-state index contributed by atoms with van der Waals surface area (Å²) >= 11 is 0. The zero-order valence-electron chi connectivity index (χ0n) is 15.2. The van der Waals surface area contributed by atoms with E-state index in [2.05, 4.69) is 47.0 Å². The van der Waals surface area contributed by atoms with Gasteiger partial charge in [0.25, 0.3) is 0 Å². The van der Waals surface area contributed by atoms with E-state index in [-0.39, 0.29) is 0 Å². The number of hydrogen-bond donors (Lipinski definition) is 1. The van der Waals surface area contributed by atoms with Crippen LogP contribution in [0.2, 0.25) is 0 Å². The Labute approximate surface area is 146 Å². The third kappa shape index (κ3) is 4.35. The van der Waals surface area contributed by atoms with E-state index >= 15 is 0 Å². The van der Waals surface area contributed by atoms with Crippen LogP contribution in [0.15, 0.2) is 18.2 Å². The number of hydrogen-bond acceptors (Lipinski definition) is 5. The Hall–Kier alpha value is -0.980. The molecule has 1 aromatic carbocycles. The highest BCUT2D eigenvalue weighted by atomic mass is 16.5. The average molecular weight is 332 g/mol. The molecule has 2 aliphatic rings. The predicted molar refractivity (Wildman–Crippen MR) is 97.9 cm³/mol. The molecule has 0 amide bonds. The first-order valence-electron chi connectivity index (χ1n) is 9.18. The summed E-state index contributed by atoms with van der Waals surface area (Å²) in [7, 11) is 4.23. The van der Waals surface area contributed by atoms with Crippen molar-refractivity contribution < 1.29 is 4.74 Å². The number of benzene rings is 1. The zero-order valence-corrected chi connectivity index (χ0v) is 15.2. The van der Waals surface area contributed by atoms with Crippen LogP contribution in [0.1, 0.15) is 29.2 Å². The standard InChI is InChI=1S/C19H32N4O/c1-21(2)14-16-4-5-17-15-23(19(13-20)18(17)12-16)7-3-6-22-8-10-24-11-9-22/h4-5,12,19H,3,6-11,13-15,20H2,1-2H3. The molecule has 134 valence electrons. The van der Waals surface area contributed by atoms with Crippen molar-refractivity contribution in [2.45, 2.75) is 25.6 Å². The largest absolute Gasteiger partial charge is 0.379 e. The van der Waals surface area contributed by atoms with Gasteiger partial charge in [-0.3, -0.25) is 9.80 Å². The van der Waals surface area contributed by atoms with E-state index < -0.39 is 0 Å². The lowest BCUT2D eigenvalue weighted by Crippen LogP contribution is -2.38. The molecule has 0 bridgehead atoms. The molecule has 1 saturated heterocycles. The molecule has 24 heavy (non-hydrogen) atoms. The Kier molecular flexibility index (Phi) is 6.25. The minimum absolute atomic E-state index is 0.381. The van der Waals surface area contributed by atoms with E-state index in [9.17, 15) is 0 Å². The highest BCUT2D eigenvalue weighted by Crippen LogP contribution is 2.33. The summed E-state index contributed by atoms with van der Waals surface area (Å²) in [5.41, 5.74) is 10.4. The first-order chi connectivity index (χ1) is 11.7. The smallest absolute Gasteiger partial charge is 0.0594 e. The molecular formula is C19H32N4O. The number of fused-ring (bicyclic) bond motifs is 1. The molecule has 5 heteroatoms. The fourth-order valence-electron chi connectivity index (χ4n) is 3.92. The summed E-state index contributed by atoms with van der Waals surface area (Å²) in [4.78, 5) is 7.29. The molecule has 2 N–H and O–H groups in total. The van der Waals surface area contributed by atoms with E-state index in [0.717, 1.165) is 45.9 Å². The molecule has 0 saturated carbocycles. The lowest BCUT2D eigenvalue weighted by molar-refractivity contribution is 0.0355. The van der Waals surface area contributed by atoms with Crippen molar-refractivity contribution in [3.05, 3.63) is 34.9 Å². The Balaban J connectivity index is 1.57. The summed E-state index contributed by atoms with van der Waals surface area (Å²) in [6, 6.07) is 7.32. The number of rotatable bonds is 7. The summed E-state index contributed by atoms with van der Waals surface area (Å²) < 4.78 is 5.42. The van der Waals surface area contributed by atoms with Crippen LogP contribution in [-0.2, 0) is 17.8 Å². The molecule has 1 fully saturated rings. The second kappa shape index (κ2) is 8.41. The molecule has 1 atom stereocenters. The third-order valence-corrected chi connectivity index (χ3v) is 5.13. The molecule has 0 aliphatic carbocycles. The predicted octanol–water partition coefficient (Wildman–Crippen LogP) is 1.29. The molecule has 5 nitrogen and oxygen atoms in total. The van der Waals surface area contributed by atoms with Crippen molar-refractivity contribution in [2.24, 2.45) is 5.73 Å². The number of ether oxygens (including phenoxy) is 1. The molecule has 1 aromatic rings. The van der Waals surface area contributed by atoms with Gasteiger partial charge in [-0.25, -0.2) is 0 Å². The maximum Gasteiger partial charge on any atom is 0.0594 e. The van der Waals surface area contributed by atoms with E-state index in [0.29, 0.717) is 12.6 Å². The third-order valence-electron chi connectivity index (χ3n) is 5.13. The first kappa shape index (κ1) is 17.8. The normalized spacial score (nSPS) is 22.2. The minimum Gasteiger partial charge on any atom is -0.379 e. The molecule has 2 heterocycles. The monoisotopic (exact) mass is 332 g/mol. The Morgan fingerprint density at radius 1 is 1.21 bits per heavy atom. The van der Waals surface area contributed by atoms with Crippen molar-refractivity contribution >= 4 is 0 Å². The van der Waals surface area contributed by atoms with Crippen molar-refractivity contribution in [3.8, 4) is 0 Å². The summed E-state index contributed by atoms with van der Waals surface area (Å²) in [5, 5.41) is 0. The van der Waals surface area contributed by atoms with Gasteiger partial charge in [-0.2, -0.15) is 0 Å². The molecule has 2 aliphatic heterocycles. The first-order valence-corrected chi connectivity index (χ1v) is 9.18. The Morgan fingerprint density at radius 2 is 2.00 bits per heavy atom.